The van der Waals surface area contributed by atoms with E-state index in [0.717, 1.165) is 0 Å². The molecule has 0 unspecified atom stereocenters. The summed E-state index contributed by atoms with van der Waals surface area (Å²) in [6.45, 7) is 8.04. The number of aromatic nitrogens is 1. The summed E-state index contributed by atoms with van der Waals surface area (Å²) < 4.78 is 28.8. The Morgan fingerprint density at radius 2 is 1.93 bits per heavy atom. The van der Waals surface area contributed by atoms with Crippen molar-refractivity contribution in [1.82, 2.24) is 9.88 Å². The van der Waals surface area contributed by atoms with E-state index in [4.69, 9.17) is 4.74 Å². The first-order valence-electron chi connectivity index (χ1n) is 9.37. The summed E-state index contributed by atoms with van der Waals surface area (Å²) in [5.74, 6) is -1.30. The van der Waals surface area contributed by atoms with Gasteiger partial charge in [0.1, 0.15) is 5.69 Å². The van der Waals surface area contributed by atoms with Crippen LogP contribution >= 0.6 is 0 Å². The molecule has 0 bridgehead atoms. The molecule has 28 heavy (non-hydrogen) atoms. The van der Waals surface area contributed by atoms with Crippen LogP contribution in [-0.4, -0.2) is 66.2 Å². The molecule has 0 aliphatic carbocycles. The van der Waals surface area contributed by atoms with Gasteiger partial charge in [0.2, 0.25) is 0 Å². The van der Waals surface area contributed by atoms with Crippen LogP contribution in [0, 0.1) is 13.8 Å². The zero-order valence-electron chi connectivity index (χ0n) is 17.0. The average Bonchev–Trinajstić information content (AvgIpc) is 3.11. The van der Waals surface area contributed by atoms with Crippen molar-refractivity contribution >= 4 is 27.5 Å². The number of esters is 1. The number of rotatable bonds is 7. The third kappa shape index (κ3) is 4.63. The molecule has 2 heterocycles. The highest BCUT2D eigenvalue weighted by Crippen LogP contribution is 2.22. The molecule has 156 valence electrons. The first-order chi connectivity index (χ1) is 13.0. The summed E-state index contributed by atoms with van der Waals surface area (Å²) in [6, 6.07) is -0.562. The second kappa shape index (κ2) is 8.46. The molecule has 2 atom stereocenters. The van der Waals surface area contributed by atoms with Gasteiger partial charge in [-0.15, -0.1) is 0 Å². The number of amides is 1. The van der Waals surface area contributed by atoms with Crippen LogP contribution < -0.4 is 0 Å². The number of Topliss-reactive ketones (excluding diaryl/α,β-unsaturated/α-hetero) is 1. The highest BCUT2D eigenvalue weighted by atomic mass is 32.2. The van der Waals surface area contributed by atoms with E-state index < -0.39 is 34.4 Å². The highest BCUT2D eigenvalue weighted by Gasteiger charge is 2.37. The van der Waals surface area contributed by atoms with Crippen LogP contribution in [-0.2, 0) is 19.4 Å². The van der Waals surface area contributed by atoms with Gasteiger partial charge in [-0.2, -0.15) is 0 Å². The molecule has 0 saturated carbocycles. The highest BCUT2D eigenvalue weighted by molar-refractivity contribution is 7.91. The van der Waals surface area contributed by atoms with Crippen LogP contribution in [0.3, 0.4) is 0 Å². The molecule has 0 spiro atoms. The van der Waals surface area contributed by atoms with Crippen LogP contribution in [0.4, 0.5) is 0 Å². The van der Waals surface area contributed by atoms with Crippen molar-refractivity contribution in [2.75, 3.05) is 18.1 Å². The smallest absolute Gasteiger partial charge is 0.355 e. The first kappa shape index (κ1) is 22.1. The summed E-state index contributed by atoms with van der Waals surface area (Å²) in [5, 5.41) is 0. The maximum Gasteiger partial charge on any atom is 0.355 e. The van der Waals surface area contributed by atoms with Crippen molar-refractivity contribution in [2.45, 2.75) is 59.5 Å². The fourth-order valence-electron chi connectivity index (χ4n) is 3.76. The Bertz CT molecular complexity index is 886. The van der Waals surface area contributed by atoms with Crippen LogP contribution in [0.25, 0.3) is 0 Å². The minimum absolute atomic E-state index is 0.0616. The third-order valence-electron chi connectivity index (χ3n) is 5.28. The number of carbonyl (C=O) groups excluding carboxylic acids is 3. The van der Waals surface area contributed by atoms with E-state index in [9.17, 15) is 22.8 Å². The number of aromatic amines is 1. The van der Waals surface area contributed by atoms with Crippen molar-refractivity contribution in [2.24, 2.45) is 0 Å². The lowest BCUT2D eigenvalue weighted by Gasteiger charge is -2.33. The Morgan fingerprint density at radius 3 is 2.39 bits per heavy atom. The molecule has 1 aromatic rings. The van der Waals surface area contributed by atoms with Gasteiger partial charge < -0.3 is 14.6 Å². The molecule has 1 amide bonds. The lowest BCUT2D eigenvalue weighted by atomic mass is 10.1. The van der Waals surface area contributed by atoms with E-state index >= 15 is 0 Å². The van der Waals surface area contributed by atoms with Gasteiger partial charge in [-0.1, -0.05) is 6.92 Å². The van der Waals surface area contributed by atoms with E-state index in [2.05, 4.69) is 4.98 Å². The summed E-state index contributed by atoms with van der Waals surface area (Å²) >= 11 is 0. The Hall–Kier alpha value is -2.16. The second-order valence-electron chi connectivity index (χ2n) is 7.37. The van der Waals surface area contributed by atoms with Gasteiger partial charge in [-0.05, 0) is 46.1 Å². The number of carbonyl (C=O) groups is 3. The molecule has 9 heteroatoms. The van der Waals surface area contributed by atoms with Crippen LogP contribution in [0.5, 0.6) is 0 Å². The summed E-state index contributed by atoms with van der Waals surface area (Å²) in [6.07, 6.45) is 1.05. The predicted octanol–water partition coefficient (Wildman–Crippen LogP) is 1.81. The predicted molar refractivity (Wildman–Crippen MR) is 104 cm³/mol. The summed E-state index contributed by atoms with van der Waals surface area (Å²) in [7, 11) is -3.14. The lowest BCUT2D eigenvalue weighted by molar-refractivity contribution is -0.138. The number of nitrogens with zero attached hydrogens (tertiary/aromatic N) is 1. The minimum Gasteiger partial charge on any atom is -0.451 e. The van der Waals surface area contributed by atoms with Crippen molar-refractivity contribution in [1.29, 1.82) is 0 Å². The van der Waals surface area contributed by atoms with Gasteiger partial charge in [0.25, 0.3) is 5.91 Å². The number of nitrogens with one attached hydrogen (secondary N) is 1. The summed E-state index contributed by atoms with van der Waals surface area (Å²) in [4.78, 5) is 41.2. The molecule has 1 aliphatic rings. The molecule has 8 nitrogen and oxygen atoms in total. The average molecular weight is 413 g/mol. The molecule has 2 rings (SSSR count). The molecule has 1 N–H and O–H groups in total. The van der Waals surface area contributed by atoms with Gasteiger partial charge in [-0.25, -0.2) is 13.2 Å². The maximum absolute atomic E-state index is 12.7. The number of ether oxygens (including phenoxy) is 1. The molecule has 1 saturated heterocycles. The number of hydrogen-bond donors (Lipinski definition) is 1. The lowest BCUT2D eigenvalue weighted by Crippen LogP contribution is -2.48. The molecular weight excluding hydrogens is 384 g/mol. The van der Waals surface area contributed by atoms with Gasteiger partial charge in [0.15, 0.2) is 22.2 Å². The monoisotopic (exact) mass is 412 g/mol. The Kier molecular flexibility index (Phi) is 6.69. The van der Waals surface area contributed by atoms with Crippen molar-refractivity contribution in [3.8, 4) is 0 Å². The molecule has 1 aliphatic heterocycles. The SMILES string of the molecule is CC[C@@H](C)N(C(=O)COC(=O)c1[nH]c(C)c(C(C)=O)c1C)[C@H]1CCS(=O)(=O)C1. The zero-order chi connectivity index (χ0) is 21.2. The Balaban J connectivity index is 2.11. The van der Waals surface area contributed by atoms with Gasteiger partial charge >= 0.3 is 5.97 Å². The largest absolute Gasteiger partial charge is 0.451 e. The van der Waals surface area contributed by atoms with Crippen molar-refractivity contribution in [3.05, 3.63) is 22.5 Å². The number of H-pyrrole nitrogens is 1. The maximum atomic E-state index is 12.7. The van der Waals surface area contributed by atoms with E-state index in [-0.39, 0.29) is 29.0 Å². The van der Waals surface area contributed by atoms with Gasteiger partial charge in [-0.3, -0.25) is 9.59 Å². The number of aryl methyl sites for hydroxylation is 1. The molecule has 0 radical (unpaired) electrons. The fraction of sp³-hybridized carbons (Fsp3) is 0.632. The van der Waals surface area contributed by atoms with Crippen molar-refractivity contribution in [3.63, 3.8) is 0 Å². The Morgan fingerprint density at radius 1 is 1.29 bits per heavy atom. The normalized spacial score (nSPS) is 19.2. The first-order valence-corrected chi connectivity index (χ1v) is 11.2. The molecule has 1 aromatic heterocycles. The summed E-state index contributed by atoms with van der Waals surface area (Å²) in [5.41, 5.74) is 1.65. The van der Waals surface area contributed by atoms with Crippen LogP contribution in [0.2, 0.25) is 0 Å². The van der Waals surface area contributed by atoms with E-state index in [0.29, 0.717) is 29.7 Å². The van der Waals surface area contributed by atoms with Crippen LogP contribution in [0.1, 0.15) is 65.7 Å². The van der Waals surface area contributed by atoms with Crippen LogP contribution in [0.15, 0.2) is 0 Å². The van der Waals surface area contributed by atoms with Crippen molar-refractivity contribution < 1.29 is 27.5 Å². The minimum atomic E-state index is -3.14. The second-order valence-corrected chi connectivity index (χ2v) is 9.60. The number of hydrogen-bond acceptors (Lipinski definition) is 6. The van der Waals surface area contributed by atoms with Gasteiger partial charge in [0.05, 0.1) is 11.5 Å². The van der Waals surface area contributed by atoms with E-state index in [1.807, 2.05) is 13.8 Å². The van der Waals surface area contributed by atoms with E-state index in [1.54, 1.807) is 13.8 Å². The standard InChI is InChI=1S/C19H28N2O6S/c1-6-11(2)21(15-7-8-28(25,26)10-15)16(23)9-27-19(24)18-12(3)17(14(5)22)13(4)20-18/h11,15,20H,6-10H2,1-5H3/t11-,15+/m1/s1. The van der Waals surface area contributed by atoms with E-state index in [1.165, 1.54) is 11.8 Å². The van der Waals surface area contributed by atoms with Gasteiger partial charge in [0, 0.05) is 23.3 Å². The zero-order valence-corrected chi connectivity index (χ0v) is 17.8. The number of sulfone groups is 1. The molecule has 1 fully saturated rings. The quantitative estimate of drug-likeness (QED) is 0.540. The molecular formula is C19H28N2O6S. The fourth-order valence-corrected chi connectivity index (χ4v) is 5.47. The molecule has 0 aromatic carbocycles. The number of ketones is 1. The third-order valence-corrected chi connectivity index (χ3v) is 7.03. The Labute approximate surface area is 165 Å². The topological polar surface area (TPSA) is 114 Å².